The van der Waals surface area contributed by atoms with E-state index in [2.05, 4.69) is 11.9 Å². The molecule has 0 fully saturated rings. The molecule has 0 aliphatic carbocycles. The molecule has 98 valence electrons. The second kappa shape index (κ2) is 6.55. The van der Waals surface area contributed by atoms with Crippen molar-refractivity contribution in [2.75, 3.05) is 7.05 Å². The van der Waals surface area contributed by atoms with E-state index >= 15 is 0 Å². The van der Waals surface area contributed by atoms with Crippen LogP contribution in [0.3, 0.4) is 0 Å². The van der Waals surface area contributed by atoms with Crippen molar-refractivity contribution in [2.24, 2.45) is 4.99 Å². The standard InChI is InChI=1S/C14H17ClFNO/c1-5-9(2)10(3)18-14(17-4)12-7-6-11(16)8-13(12)15/h6-8H,5H2,1-4H3. The fourth-order valence-electron chi connectivity index (χ4n) is 1.37. The minimum atomic E-state index is -0.379. The maximum absolute atomic E-state index is 13.0. The van der Waals surface area contributed by atoms with Crippen molar-refractivity contribution in [1.29, 1.82) is 0 Å². The molecule has 0 atom stereocenters. The van der Waals surface area contributed by atoms with Crippen molar-refractivity contribution >= 4 is 17.5 Å². The van der Waals surface area contributed by atoms with Gasteiger partial charge >= 0.3 is 0 Å². The fourth-order valence-corrected chi connectivity index (χ4v) is 1.61. The number of halogens is 2. The SMILES string of the molecule is CCC(C)=C(C)OC(=NC)c1ccc(F)cc1Cl. The minimum Gasteiger partial charge on any atom is -0.443 e. The van der Waals surface area contributed by atoms with Gasteiger partial charge in [-0.1, -0.05) is 18.5 Å². The predicted molar refractivity (Wildman–Crippen MR) is 73.6 cm³/mol. The molecule has 0 bridgehead atoms. The third-order valence-electron chi connectivity index (χ3n) is 2.75. The van der Waals surface area contributed by atoms with E-state index in [1.807, 2.05) is 13.8 Å². The zero-order valence-corrected chi connectivity index (χ0v) is 11.8. The highest BCUT2D eigenvalue weighted by atomic mass is 35.5. The summed E-state index contributed by atoms with van der Waals surface area (Å²) < 4.78 is 18.7. The van der Waals surface area contributed by atoms with Gasteiger partial charge in [-0.05, 0) is 44.0 Å². The highest BCUT2D eigenvalue weighted by molar-refractivity contribution is 6.33. The first-order chi connectivity index (χ1) is 8.49. The fraction of sp³-hybridized carbons (Fsp3) is 0.357. The van der Waals surface area contributed by atoms with Gasteiger partial charge in [-0.15, -0.1) is 0 Å². The Morgan fingerprint density at radius 1 is 1.39 bits per heavy atom. The molecule has 0 aliphatic rings. The lowest BCUT2D eigenvalue weighted by Crippen LogP contribution is -2.07. The summed E-state index contributed by atoms with van der Waals surface area (Å²) in [6, 6.07) is 4.15. The average Bonchev–Trinajstić information content (AvgIpc) is 2.35. The lowest BCUT2D eigenvalue weighted by molar-refractivity contribution is 0.409. The van der Waals surface area contributed by atoms with E-state index in [1.54, 1.807) is 13.1 Å². The monoisotopic (exact) mass is 269 g/mol. The van der Waals surface area contributed by atoms with E-state index in [0.29, 0.717) is 11.5 Å². The maximum atomic E-state index is 13.0. The van der Waals surface area contributed by atoms with Crippen molar-refractivity contribution in [3.05, 3.63) is 45.9 Å². The van der Waals surface area contributed by atoms with Crippen molar-refractivity contribution in [3.63, 3.8) is 0 Å². The largest absolute Gasteiger partial charge is 0.443 e. The Labute approximate surface area is 112 Å². The first-order valence-corrected chi connectivity index (χ1v) is 6.13. The van der Waals surface area contributed by atoms with E-state index < -0.39 is 0 Å². The van der Waals surface area contributed by atoms with Crippen LogP contribution in [0.1, 0.15) is 32.8 Å². The van der Waals surface area contributed by atoms with E-state index in [9.17, 15) is 4.39 Å². The summed E-state index contributed by atoms with van der Waals surface area (Å²) in [5.74, 6) is 0.806. The van der Waals surface area contributed by atoms with Gasteiger partial charge in [0.05, 0.1) is 10.6 Å². The Hall–Kier alpha value is -1.35. The van der Waals surface area contributed by atoms with Gasteiger partial charge in [0, 0.05) is 7.05 Å². The molecule has 18 heavy (non-hydrogen) atoms. The molecule has 1 aromatic carbocycles. The predicted octanol–water partition coefficient (Wildman–Crippen LogP) is 4.58. The number of benzene rings is 1. The van der Waals surface area contributed by atoms with Crippen LogP contribution in [0.2, 0.25) is 5.02 Å². The maximum Gasteiger partial charge on any atom is 0.222 e. The molecule has 0 amide bonds. The van der Waals surface area contributed by atoms with Gasteiger partial charge in [0.25, 0.3) is 0 Å². The van der Waals surface area contributed by atoms with E-state index in [0.717, 1.165) is 17.8 Å². The molecule has 0 aromatic heterocycles. The van der Waals surface area contributed by atoms with Crippen molar-refractivity contribution in [1.82, 2.24) is 0 Å². The number of nitrogens with zero attached hydrogens (tertiary/aromatic N) is 1. The lowest BCUT2D eigenvalue weighted by atomic mass is 10.2. The van der Waals surface area contributed by atoms with Crippen LogP contribution in [0.15, 0.2) is 34.5 Å². The summed E-state index contributed by atoms with van der Waals surface area (Å²) in [5.41, 5.74) is 1.72. The number of ether oxygens (including phenoxy) is 1. The van der Waals surface area contributed by atoms with Crippen LogP contribution in [0, 0.1) is 5.82 Å². The zero-order valence-electron chi connectivity index (χ0n) is 11.1. The van der Waals surface area contributed by atoms with Gasteiger partial charge in [-0.3, -0.25) is 4.99 Å². The molecular weight excluding hydrogens is 253 g/mol. The lowest BCUT2D eigenvalue weighted by Gasteiger charge is -2.12. The van der Waals surface area contributed by atoms with E-state index in [-0.39, 0.29) is 10.8 Å². The average molecular weight is 270 g/mol. The van der Waals surface area contributed by atoms with E-state index in [1.165, 1.54) is 12.1 Å². The summed E-state index contributed by atoms with van der Waals surface area (Å²) in [6.45, 7) is 5.92. The van der Waals surface area contributed by atoms with Crippen LogP contribution in [-0.2, 0) is 4.74 Å². The highest BCUT2D eigenvalue weighted by Gasteiger charge is 2.11. The first-order valence-electron chi connectivity index (χ1n) is 5.76. The molecule has 1 rings (SSSR count). The van der Waals surface area contributed by atoms with Crippen LogP contribution in [-0.4, -0.2) is 12.9 Å². The second-order valence-corrected chi connectivity index (χ2v) is 4.35. The molecule has 2 nitrogen and oxygen atoms in total. The topological polar surface area (TPSA) is 21.6 Å². The molecule has 0 spiro atoms. The Morgan fingerprint density at radius 3 is 2.56 bits per heavy atom. The summed E-state index contributed by atoms with van der Waals surface area (Å²) in [4.78, 5) is 4.06. The molecule has 0 aliphatic heterocycles. The van der Waals surface area contributed by atoms with Gasteiger partial charge in [-0.2, -0.15) is 0 Å². The normalized spacial score (nSPS) is 13.3. The molecule has 0 heterocycles. The summed E-state index contributed by atoms with van der Waals surface area (Å²) >= 11 is 5.98. The van der Waals surface area contributed by atoms with Crippen molar-refractivity contribution in [3.8, 4) is 0 Å². The Bertz CT molecular complexity index is 495. The second-order valence-electron chi connectivity index (χ2n) is 3.95. The summed E-state index contributed by atoms with van der Waals surface area (Å²) in [6.07, 6.45) is 0.903. The Balaban J connectivity index is 3.06. The number of hydrogen-bond donors (Lipinski definition) is 0. The number of aliphatic imine (C=N–C) groups is 1. The van der Waals surface area contributed by atoms with Crippen molar-refractivity contribution in [2.45, 2.75) is 27.2 Å². The van der Waals surface area contributed by atoms with Crippen LogP contribution in [0.4, 0.5) is 4.39 Å². The number of allylic oxidation sites excluding steroid dienone is 2. The smallest absolute Gasteiger partial charge is 0.222 e. The molecule has 1 aromatic rings. The summed E-state index contributed by atoms with van der Waals surface area (Å²) in [7, 11) is 1.61. The minimum absolute atomic E-state index is 0.289. The summed E-state index contributed by atoms with van der Waals surface area (Å²) in [5, 5.41) is 0.289. The molecule has 0 radical (unpaired) electrons. The Kier molecular flexibility index (Phi) is 5.35. The van der Waals surface area contributed by atoms with Crippen molar-refractivity contribution < 1.29 is 9.13 Å². The molecule has 0 saturated heterocycles. The van der Waals surface area contributed by atoms with Crippen LogP contribution < -0.4 is 0 Å². The molecule has 0 saturated carbocycles. The van der Waals surface area contributed by atoms with Gasteiger partial charge in [0.2, 0.25) is 5.90 Å². The number of rotatable bonds is 3. The Morgan fingerprint density at radius 2 is 2.06 bits per heavy atom. The molecular formula is C14H17ClFNO. The third-order valence-corrected chi connectivity index (χ3v) is 3.06. The van der Waals surface area contributed by atoms with E-state index in [4.69, 9.17) is 16.3 Å². The van der Waals surface area contributed by atoms with Crippen LogP contribution in [0.25, 0.3) is 0 Å². The third kappa shape index (κ3) is 3.57. The van der Waals surface area contributed by atoms with Gasteiger partial charge in [0.1, 0.15) is 11.6 Å². The van der Waals surface area contributed by atoms with Crippen LogP contribution >= 0.6 is 11.6 Å². The highest BCUT2D eigenvalue weighted by Crippen LogP contribution is 2.20. The number of hydrogen-bond acceptors (Lipinski definition) is 2. The van der Waals surface area contributed by atoms with Gasteiger partial charge in [-0.25, -0.2) is 4.39 Å². The molecule has 0 unspecified atom stereocenters. The van der Waals surface area contributed by atoms with Gasteiger partial charge in [0.15, 0.2) is 0 Å². The van der Waals surface area contributed by atoms with Gasteiger partial charge < -0.3 is 4.74 Å². The quantitative estimate of drug-likeness (QED) is 0.447. The zero-order chi connectivity index (χ0) is 13.7. The first kappa shape index (κ1) is 14.7. The molecule has 0 N–H and O–H groups in total. The molecule has 4 heteroatoms. The van der Waals surface area contributed by atoms with Crippen LogP contribution in [0.5, 0.6) is 0 Å².